The molecule has 1 saturated heterocycles. The molecule has 1 aliphatic heterocycles. The molecule has 0 aromatic heterocycles. The first-order valence-electron chi connectivity index (χ1n) is 12.5. The van der Waals surface area contributed by atoms with E-state index in [1.807, 2.05) is 55.4 Å². The average Bonchev–Trinajstić information content (AvgIpc) is 2.80. The van der Waals surface area contributed by atoms with E-state index in [0.717, 1.165) is 32.8 Å². The van der Waals surface area contributed by atoms with Crippen molar-refractivity contribution in [3.63, 3.8) is 0 Å². The molecule has 0 unspecified atom stereocenters. The predicted molar refractivity (Wildman–Crippen MR) is 130 cm³/mol. The number of morpholine rings is 1. The van der Waals surface area contributed by atoms with Crippen molar-refractivity contribution in [1.82, 2.24) is 4.90 Å². The maximum atomic E-state index is 13.6. The summed E-state index contributed by atoms with van der Waals surface area (Å²) in [5.41, 5.74) is -1.88. The van der Waals surface area contributed by atoms with Crippen LogP contribution in [0.3, 0.4) is 0 Å². The Bertz CT molecular complexity index is 602. The molecule has 0 aromatic carbocycles. The highest BCUT2D eigenvalue weighted by molar-refractivity contribution is 7.48. The summed E-state index contributed by atoms with van der Waals surface area (Å²) in [7, 11) is -3.87. The monoisotopic (exact) mass is 493 g/mol. The van der Waals surface area contributed by atoms with Crippen LogP contribution in [0.5, 0.6) is 0 Å². The van der Waals surface area contributed by atoms with Gasteiger partial charge in [-0.3, -0.25) is 23.3 Å². The van der Waals surface area contributed by atoms with Gasteiger partial charge in [0.1, 0.15) is 6.61 Å². The molecule has 0 amide bonds. The molecule has 0 N–H and O–H groups in total. The molecule has 0 bridgehead atoms. The summed E-state index contributed by atoms with van der Waals surface area (Å²) in [6.07, 6.45) is 3.36. The Hall–Kier alpha value is -0.500. The van der Waals surface area contributed by atoms with Crippen molar-refractivity contribution in [3.05, 3.63) is 0 Å². The number of esters is 1. The third kappa shape index (κ3) is 10.3. The van der Waals surface area contributed by atoms with E-state index >= 15 is 0 Å². The normalized spacial score (nSPS) is 16.7. The second-order valence-corrected chi connectivity index (χ2v) is 11.5. The molecule has 8 nitrogen and oxygen atoms in total. The number of nitrogens with zero attached hydrogens (tertiary/aromatic N) is 1. The zero-order valence-electron chi connectivity index (χ0n) is 22.2. The Kier molecular flexibility index (Phi) is 12.5. The van der Waals surface area contributed by atoms with E-state index < -0.39 is 24.4 Å². The lowest BCUT2D eigenvalue weighted by Crippen LogP contribution is -2.39. The van der Waals surface area contributed by atoms with E-state index in [1.165, 1.54) is 0 Å². The Morgan fingerprint density at radius 3 is 1.82 bits per heavy atom. The first-order chi connectivity index (χ1) is 15.4. The Labute approximate surface area is 201 Å². The van der Waals surface area contributed by atoms with Gasteiger partial charge < -0.3 is 9.47 Å². The molecule has 196 valence electrons. The number of carbonyl (C=O) groups excluding carboxylic acids is 1. The molecule has 0 spiro atoms. The zero-order chi connectivity index (χ0) is 25.2. The highest BCUT2D eigenvalue weighted by Gasteiger charge is 2.41. The number of phosphoric acid groups is 1. The summed E-state index contributed by atoms with van der Waals surface area (Å²) < 4.78 is 42.0. The van der Waals surface area contributed by atoms with Crippen LogP contribution in [0.1, 0.15) is 87.5 Å². The second kappa shape index (κ2) is 13.6. The summed E-state index contributed by atoms with van der Waals surface area (Å²) in [6, 6.07) is 0. The van der Waals surface area contributed by atoms with Gasteiger partial charge in [-0.15, -0.1) is 0 Å². The molecular formula is C24H48NO7P. The zero-order valence-corrected chi connectivity index (χ0v) is 23.1. The third-order valence-electron chi connectivity index (χ3n) is 6.93. The maximum absolute atomic E-state index is 13.6. The van der Waals surface area contributed by atoms with Crippen molar-refractivity contribution in [2.75, 3.05) is 46.1 Å². The van der Waals surface area contributed by atoms with Crippen molar-refractivity contribution in [2.24, 2.45) is 5.41 Å². The quantitative estimate of drug-likeness (QED) is 0.156. The third-order valence-corrected chi connectivity index (χ3v) is 8.76. The van der Waals surface area contributed by atoms with Crippen LogP contribution in [0.15, 0.2) is 0 Å². The van der Waals surface area contributed by atoms with Gasteiger partial charge in [0, 0.05) is 13.1 Å². The van der Waals surface area contributed by atoms with E-state index in [1.54, 1.807) is 0 Å². The van der Waals surface area contributed by atoms with Gasteiger partial charge in [0.05, 0.1) is 36.4 Å². The van der Waals surface area contributed by atoms with Gasteiger partial charge in [-0.2, -0.15) is 0 Å². The number of hydrogen-bond acceptors (Lipinski definition) is 8. The van der Waals surface area contributed by atoms with Crippen LogP contribution in [-0.4, -0.2) is 68.1 Å². The number of rotatable bonds is 16. The van der Waals surface area contributed by atoms with Crippen LogP contribution in [0, 0.1) is 5.41 Å². The van der Waals surface area contributed by atoms with Gasteiger partial charge in [-0.25, -0.2) is 4.57 Å². The first-order valence-corrected chi connectivity index (χ1v) is 14.0. The van der Waals surface area contributed by atoms with Crippen LogP contribution in [0.25, 0.3) is 0 Å². The average molecular weight is 494 g/mol. The SMILES string of the molecule is CCC(C)(CC)OP(=O)(OCCOC(=O)C(C)(C)CCN1CCOCC1)OC(C)(CC)CC. The van der Waals surface area contributed by atoms with Crippen LogP contribution in [0.2, 0.25) is 0 Å². The molecule has 1 rings (SSSR count). The van der Waals surface area contributed by atoms with Crippen molar-refractivity contribution in [1.29, 1.82) is 0 Å². The lowest BCUT2D eigenvalue weighted by atomic mass is 9.89. The minimum Gasteiger partial charge on any atom is -0.463 e. The van der Waals surface area contributed by atoms with E-state index in [0.29, 0.717) is 32.1 Å². The number of carbonyl (C=O) groups is 1. The summed E-state index contributed by atoms with van der Waals surface area (Å²) in [5.74, 6) is -0.296. The Balaban J connectivity index is 2.65. The van der Waals surface area contributed by atoms with Gasteiger partial charge >= 0.3 is 13.8 Å². The fourth-order valence-corrected chi connectivity index (χ4v) is 5.25. The van der Waals surface area contributed by atoms with Gasteiger partial charge in [-0.05, 0) is 66.3 Å². The molecule has 1 fully saturated rings. The first kappa shape index (κ1) is 30.5. The van der Waals surface area contributed by atoms with Crippen molar-refractivity contribution >= 4 is 13.8 Å². The number of hydrogen-bond donors (Lipinski definition) is 0. The lowest BCUT2D eigenvalue weighted by molar-refractivity contribution is -0.155. The summed E-state index contributed by atoms with van der Waals surface area (Å²) in [6.45, 7) is 19.5. The van der Waals surface area contributed by atoms with E-state index in [4.69, 9.17) is 23.0 Å². The molecule has 1 heterocycles. The van der Waals surface area contributed by atoms with E-state index in [-0.39, 0.29) is 19.2 Å². The molecular weight excluding hydrogens is 445 g/mol. The van der Waals surface area contributed by atoms with Crippen LogP contribution in [0.4, 0.5) is 0 Å². The summed E-state index contributed by atoms with van der Waals surface area (Å²) in [4.78, 5) is 14.9. The van der Waals surface area contributed by atoms with Gasteiger partial charge in [0.15, 0.2) is 0 Å². The van der Waals surface area contributed by atoms with Crippen molar-refractivity contribution in [3.8, 4) is 0 Å². The molecule has 33 heavy (non-hydrogen) atoms. The maximum Gasteiger partial charge on any atom is 0.475 e. The van der Waals surface area contributed by atoms with Crippen LogP contribution >= 0.6 is 7.82 Å². The summed E-state index contributed by atoms with van der Waals surface area (Å²) >= 11 is 0. The lowest BCUT2D eigenvalue weighted by Gasteiger charge is -2.36. The molecule has 0 aliphatic carbocycles. The van der Waals surface area contributed by atoms with Crippen molar-refractivity contribution in [2.45, 2.75) is 98.7 Å². The Morgan fingerprint density at radius 2 is 1.36 bits per heavy atom. The highest BCUT2D eigenvalue weighted by atomic mass is 31.2. The fourth-order valence-electron chi connectivity index (χ4n) is 3.21. The van der Waals surface area contributed by atoms with Gasteiger partial charge in [0.2, 0.25) is 0 Å². The standard InChI is InChI=1S/C24H48NO7P/c1-9-23(7,10-2)31-33(27,32-24(8,11-3)12-4)30-20-19-29-21(26)22(5,6)13-14-25-15-17-28-18-16-25/h9-20H2,1-8H3. The highest BCUT2D eigenvalue weighted by Crippen LogP contribution is 2.57. The molecule has 0 saturated carbocycles. The van der Waals surface area contributed by atoms with Crippen molar-refractivity contribution < 1.29 is 32.4 Å². The van der Waals surface area contributed by atoms with Crippen LogP contribution < -0.4 is 0 Å². The smallest absolute Gasteiger partial charge is 0.463 e. The number of phosphoric ester groups is 1. The van der Waals surface area contributed by atoms with Gasteiger partial charge in [0.25, 0.3) is 0 Å². The summed E-state index contributed by atoms with van der Waals surface area (Å²) in [5, 5.41) is 0. The molecule has 9 heteroatoms. The largest absolute Gasteiger partial charge is 0.475 e. The topological polar surface area (TPSA) is 83.5 Å². The molecule has 0 atom stereocenters. The molecule has 0 radical (unpaired) electrons. The minimum absolute atomic E-state index is 0.0134. The Morgan fingerprint density at radius 1 is 0.879 bits per heavy atom. The molecule has 1 aliphatic rings. The number of ether oxygens (including phenoxy) is 2. The fraction of sp³-hybridized carbons (Fsp3) is 0.958. The predicted octanol–water partition coefficient (Wildman–Crippen LogP) is 5.59. The van der Waals surface area contributed by atoms with Crippen LogP contribution in [-0.2, 0) is 32.4 Å². The minimum atomic E-state index is -3.87. The molecule has 0 aromatic rings. The van der Waals surface area contributed by atoms with Gasteiger partial charge in [-0.1, -0.05) is 27.7 Å². The van der Waals surface area contributed by atoms with E-state index in [2.05, 4.69) is 4.90 Å². The van der Waals surface area contributed by atoms with E-state index in [9.17, 15) is 9.36 Å². The second-order valence-electron chi connectivity index (χ2n) is 10.0.